The first-order chi connectivity index (χ1) is 27.6. The summed E-state index contributed by atoms with van der Waals surface area (Å²) >= 11 is 0. The number of hydrogen-bond acceptors (Lipinski definition) is 8. The molecule has 7 rings (SSSR count). The van der Waals surface area contributed by atoms with Crippen LogP contribution in [0.15, 0.2) is 152 Å². The molecule has 1 aliphatic heterocycles. The van der Waals surface area contributed by atoms with Crippen molar-refractivity contribution in [1.29, 1.82) is 0 Å². The Kier molecular flexibility index (Phi) is 14.4. The van der Waals surface area contributed by atoms with E-state index in [0.717, 1.165) is 44.2 Å². The van der Waals surface area contributed by atoms with Crippen molar-refractivity contribution >= 4 is 29.7 Å². The van der Waals surface area contributed by atoms with Gasteiger partial charge in [-0.05, 0) is 44.2 Å². The van der Waals surface area contributed by atoms with Crippen molar-refractivity contribution in [1.82, 2.24) is 0 Å². The van der Waals surface area contributed by atoms with Crippen LogP contribution in [0.25, 0.3) is 10.8 Å². The first-order valence-electron chi connectivity index (χ1n) is 18.7. The van der Waals surface area contributed by atoms with Gasteiger partial charge in [-0.2, -0.15) is 0 Å². The van der Waals surface area contributed by atoms with Crippen molar-refractivity contribution < 1.29 is 37.8 Å². The van der Waals surface area contributed by atoms with E-state index in [1.54, 1.807) is 0 Å². The van der Waals surface area contributed by atoms with Crippen LogP contribution in [0.2, 0.25) is 0 Å². The summed E-state index contributed by atoms with van der Waals surface area (Å²) in [4.78, 5) is 0. The molecule has 8 nitrogen and oxygen atoms in total. The number of rotatable bonds is 18. The minimum absolute atomic E-state index is 0.103. The molecule has 6 aromatic carbocycles. The van der Waals surface area contributed by atoms with Crippen molar-refractivity contribution in [2.75, 3.05) is 6.61 Å². The first kappa shape index (κ1) is 40.3. The molecule has 0 aliphatic carbocycles. The lowest BCUT2D eigenvalue weighted by atomic mass is 9.83. The number of hydrogen-bond donors (Lipinski definition) is 1. The highest BCUT2D eigenvalue weighted by atomic mass is 31.0. The van der Waals surface area contributed by atoms with Gasteiger partial charge < -0.3 is 37.8 Å². The Bertz CT molecular complexity index is 2090. The minimum atomic E-state index is -2.05. The second kappa shape index (κ2) is 20.0. The zero-order chi connectivity index (χ0) is 38.6. The Balaban J connectivity index is 1.35. The third kappa shape index (κ3) is 9.79. The van der Waals surface area contributed by atoms with Crippen molar-refractivity contribution in [2.24, 2.45) is 0 Å². The summed E-state index contributed by atoms with van der Waals surface area (Å²) < 4.78 is 45.2. The van der Waals surface area contributed by atoms with Gasteiger partial charge >= 0.3 is 0 Å². The highest BCUT2D eigenvalue weighted by Crippen LogP contribution is 2.44. The van der Waals surface area contributed by atoms with E-state index in [4.69, 9.17) is 32.7 Å². The van der Waals surface area contributed by atoms with Gasteiger partial charge in [-0.1, -0.05) is 152 Å². The van der Waals surface area contributed by atoms with Crippen LogP contribution in [0.5, 0.6) is 0 Å². The number of aliphatic hydroxyl groups is 1. The maximum Gasteiger partial charge on any atom is 0.223 e. The lowest BCUT2D eigenvalue weighted by Crippen LogP contribution is -2.66. The zero-order valence-electron chi connectivity index (χ0n) is 31.2. The second-order valence-corrected chi connectivity index (χ2v) is 14.5. The second-order valence-electron chi connectivity index (χ2n) is 13.8. The molecule has 3 unspecified atom stereocenters. The Labute approximate surface area is 333 Å². The van der Waals surface area contributed by atoms with Gasteiger partial charge in [-0.3, -0.25) is 0 Å². The van der Waals surface area contributed by atoms with E-state index in [1.165, 1.54) is 0 Å². The molecule has 1 aliphatic rings. The fourth-order valence-electron chi connectivity index (χ4n) is 7.35. The van der Waals surface area contributed by atoms with E-state index in [0.29, 0.717) is 18.8 Å². The molecule has 56 heavy (non-hydrogen) atoms. The Morgan fingerprint density at radius 1 is 0.500 bits per heavy atom. The molecule has 0 bridgehead atoms. The molecule has 7 atom stereocenters. The summed E-state index contributed by atoms with van der Waals surface area (Å²) in [6, 6.07) is 49.7. The summed E-state index contributed by atoms with van der Waals surface area (Å²) in [6.45, 7) is 1.71. The SMILES string of the molecule is OC1(c2ccc3c(COP)cccc3c2COP)O[C@H](COCc2ccccc2)[C@@H](OCc2ccccc2)[C@H](OCc2ccccc2)[C@H]1OCc1ccccc1. The van der Waals surface area contributed by atoms with Crippen LogP contribution in [-0.2, 0) is 78.2 Å². The van der Waals surface area contributed by atoms with E-state index in [2.05, 4.69) is 18.9 Å². The molecule has 10 heteroatoms. The molecule has 0 spiro atoms. The van der Waals surface area contributed by atoms with Crippen LogP contribution < -0.4 is 0 Å². The van der Waals surface area contributed by atoms with E-state index >= 15 is 0 Å². The molecular weight excluding hydrogens is 742 g/mol. The highest BCUT2D eigenvalue weighted by Gasteiger charge is 2.58. The maximum absolute atomic E-state index is 13.4. The molecule has 1 heterocycles. The van der Waals surface area contributed by atoms with Crippen LogP contribution in [0.3, 0.4) is 0 Å². The number of benzene rings is 6. The van der Waals surface area contributed by atoms with Gasteiger partial charge in [0.05, 0.1) is 46.2 Å². The standard InChI is InChI=1S/C46H48O8P2/c47-46(41-25-24-38-37(30-52-55)22-13-23-39(38)40(41)31-53-56)45(51-29-36-20-11-4-12-21-36)44(50-28-35-18-9-3-10-19-35)43(49-27-34-16-7-2-8-17-34)42(54-46)32-48-26-33-14-5-1-6-15-33/h1-25,42-45,47H,26-32,55-56H2/t42-,43-,44+,45-,46?/m1/s1. The average Bonchev–Trinajstić information content (AvgIpc) is 3.24. The summed E-state index contributed by atoms with van der Waals surface area (Å²) in [5.41, 5.74) is 6.13. The van der Waals surface area contributed by atoms with Gasteiger partial charge in [0, 0.05) is 24.5 Å². The van der Waals surface area contributed by atoms with Gasteiger partial charge in [-0.15, -0.1) is 0 Å². The Morgan fingerprint density at radius 2 is 1.02 bits per heavy atom. The highest BCUT2D eigenvalue weighted by molar-refractivity contribution is 7.09. The van der Waals surface area contributed by atoms with Crippen molar-refractivity contribution in [2.45, 2.75) is 69.8 Å². The van der Waals surface area contributed by atoms with Gasteiger partial charge in [0.15, 0.2) is 0 Å². The van der Waals surface area contributed by atoms with E-state index in [1.807, 2.05) is 152 Å². The van der Waals surface area contributed by atoms with Gasteiger partial charge in [0.2, 0.25) is 5.79 Å². The monoisotopic (exact) mass is 790 g/mol. The van der Waals surface area contributed by atoms with E-state index < -0.39 is 30.2 Å². The zero-order valence-corrected chi connectivity index (χ0v) is 33.5. The molecule has 0 aromatic heterocycles. The molecule has 0 amide bonds. The van der Waals surface area contributed by atoms with Crippen molar-refractivity contribution in [3.05, 3.63) is 191 Å². The quantitative estimate of drug-likeness (QED) is 0.0865. The fourth-order valence-corrected chi connectivity index (χ4v) is 7.69. The molecule has 1 fully saturated rings. The first-order valence-corrected chi connectivity index (χ1v) is 19.7. The Hall–Kier alpha value is -3.88. The molecule has 0 radical (unpaired) electrons. The average molecular weight is 791 g/mol. The topological polar surface area (TPSA) is 84.8 Å². The van der Waals surface area contributed by atoms with Gasteiger partial charge in [-0.25, -0.2) is 0 Å². The lowest BCUT2D eigenvalue weighted by Gasteiger charge is -2.51. The molecular formula is C46H48O8P2. The lowest BCUT2D eigenvalue weighted by molar-refractivity contribution is -0.379. The van der Waals surface area contributed by atoms with E-state index in [9.17, 15) is 5.11 Å². The molecule has 0 saturated carbocycles. The summed E-state index contributed by atoms with van der Waals surface area (Å²) in [7, 11) is 4.66. The van der Waals surface area contributed by atoms with Crippen molar-refractivity contribution in [3.8, 4) is 0 Å². The van der Waals surface area contributed by atoms with Crippen LogP contribution in [0, 0.1) is 0 Å². The molecule has 290 valence electrons. The third-order valence-electron chi connectivity index (χ3n) is 10.1. The molecule has 1 saturated heterocycles. The molecule has 6 aromatic rings. The van der Waals surface area contributed by atoms with Crippen molar-refractivity contribution in [3.63, 3.8) is 0 Å². The van der Waals surface area contributed by atoms with Crippen LogP contribution in [-0.4, -0.2) is 36.1 Å². The largest absolute Gasteiger partial charge is 0.374 e. The molecule has 1 N–H and O–H groups in total. The normalized spacial score (nSPS) is 21.0. The summed E-state index contributed by atoms with van der Waals surface area (Å²) in [5, 5.41) is 15.3. The van der Waals surface area contributed by atoms with E-state index in [-0.39, 0.29) is 33.0 Å². The van der Waals surface area contributed by atoms with Crippen LogP contribution in [0.1, 0.15) is 38.9 Å². The van der Waals surface area contributed by atoms with Crippen LogP contribution in [0.4, 0.5) is 0 Å². The Morgan fingerprint density at radius 3 is 1.57 bits per heavy atom. The number of fused-ring (bicyclic) bond motifs is 1. The summed E-state index contributed by atoms with van der Waals surface area (Å²) in [5.74, 6) is -2.05. The van der Waals surface area contributed by atoms with Gasteiger partial charge in [0.25, 0.3) is 0 Å². The smallest absolute Gasteiger partial charge is 0.223 e. The van der Waals surface area contributed by atoms with Gasteiger partial charge in [0.1, 0.15) is 24.4 Å². The number of ether oxygens (including phenoxy) is 5. The van der Waals surface area contributed by atoms with Crippen LogP contribution >= 0.6 is 18.9 Å². The fraction of sp³-hybridized carbons (Fsp3) is 0.261. The predicted molar refractivity (Wildman–Crippen MR) is 223 cm³/mol. The minimum Gasteiger partial charge on any atom is -0.374 e. The maximum atomic E-state index is 13.4. The third-order valence-corrected chi connectivity index (χ3v) is 10.4. The predicted octanol–water partition coefficient (Wildman–Crippen LogP) is 8.97. The summed E-state index contributed by atoms with van der Waals surface area (Å²) in [6.07, 6.45) is -3.41.